The fraction of sp³-hybridized carbons (Fsp3) is 0.433. The van der Waals surface area contributed by atoms with Crippen LogP contribution in [0.3, 0.4) is 0 Å². The van der Waals surface area contributed by atoms with Crippen LogP contribution in [0.2, 0.25) is 0 Å². The molecule has 1 heterocycles. The Morgan fingerprint density at radius 3 is 2.05 bits per heavy atom. The van der Waals surface area contributed by atoms with Crippen molar-refractivity contribution in [2.75, 3.05) is 24.3 Å². The van der Waals surface area contributed by atoms with E-state index in [4.69, 9.17) is 22.2 Å². The van der Waals surface area contributed by atoms with E-state index in [0.717, 1.165) is 50.3 Å². The predicted octanol–water partition coefficient (Wildman–Crippen LogP) is 5.40. The van der Waals surface area contributed by atoms with E-state index in [9.17, 15) is 0 Å². The van der Waals surface area contributed by atoms with Crippen LogP contribution in [0.1, 0.15) is 67.0 Å². The van der Waals surface area contributed by atoms with Gasteiger partial charge in [0, 0.05) is 31.7 Å². The summed E-state index contributed by atoms with van der Waals surface area (Å²) >= 11 is 5.78. The number of fused-ring (bicyclic) bond motifs is 1. The molecule has 5 rings (SSSR count). The van der Waals surface area contributed by atoms with Gasteiger partial charge in [-0.3, -0.25) is 0 Å². The quantitative estimate of drug-likeness (QED) is 0.365. The van der Waals surface area contributed by atoms with Gasteiger partial charge in [0.15, 0.2) is 5.11 Å². The molecule has 0 bridgehead atoms. The van der Waals surface area contributed by atoms with Crippen molar-refractivity contribution >= 4 is 29.1 Å². The average molecular weight is 515 g/mol. The molecule has 2 aliphatic rings. The molecule has 0 unspecified atom stereocenters. The second-order valence-corrected chi connectivity index (χ2v) is 10.9. The van der Waals surface area contributed by atoms with Gasteiger partial charge in [-0.15, -0.1) is 0 Å². The molecule has 1 saturated carbocycles. The number of rotatable bonds is 7. The number of nitrogens with zero attached hydrogens (tertiary/aromatic N) is 3. The maximum Gasteiger partial charge on any atom is 0.225 e. The van der Waals surface area contributed by atoms with Gasteiger partial charge in [0.05, 0.1) is 11.7 Å². The summed E-state index contributed by atoms with van der Waals surface area (Å²) in [5.41, 5.74) is 4.96. The van der Waals surface area contributed by atoms with Gasteiger partial charge in [0.1, 0.15) is 5.82 Å². The lowest BCUT2D eigenvalue weighted by Crippen LogP contribution is -2.46. The molecule has 2 aliphatic carbocycles. The standard InChI is InChI=1S/C30H38N6S/c1-36(2)28-25-15-9-10-16-26(25)33-29(35-28)31-23-17-19-24(20-18-23)32-30(37)34-27(21-11-5-3-6-12-21)22-13-7-4-8-14-22/h3-8,11-14,23-24,27H,9-10,15-20H2,1-2H3,(H,31,33,35)(H2,32,34,37)/t23-,24+. The molecule has 0 radical (unpaired) electrons. The third-order valence-corrected chi connectivity index (χ3v) is 7.76. The van der Waals surface area contributed by atoms with Crippen molar-refractivity contribution in [2.45, 2.75) is 69.5 Å². The minimum Gasteiger partial charge on any atom is -0.362 e. The lowest BCUT2D eigenvalue weighted by Gasteiger charge is -2.32. The second kappa shape index (κ2) is 11.9. The van der Waals surface area contributed by atoms with E-state index in [2.05, 4.69) is 83.5 Å². The van der Waals surface area contributed by atoms with Crippen LogP contribution in [0.4, 0.5) is 11.8 Å². The largest absolute Gasteiger partial charge is 0.362 e. The molecular weight excluding hydrogens is 476 g/mol. The summed E-state index contributed by atoms with van der Waals surface area (Å²) in [4.78, 5) is 11.9. The molecule has 2 aromatic carbocycles. The first-order chi connectivity index (χ1) is 18.1. The summed E-state index contributed by atoms with van der Waals surface area (Å²) < 4.78 is 0. The van der Waals surface area contributed by atoms with Crippen LogP contribution in [0.25, 0.3) is 0 Å². The Kier molecular flexibility index (Phi) is 8.19. The normalized spacial score (nSPS) is 19.1. The minimum absolute atomic E-state index is 0.0208. The topological polar surface area (TPSA) is 65.1 Å². The SMILES string of the molecule is CN(C)c1nc(N[C@H]2CC[C@@H](NC(=S)NC(c3ccccc3)c3ccccc3)CC2)nc2c1CCCC2. The van der Waals surface area contributed by atoms with Gasteiger partial charge in [0.2, 0.25) is 5.95 Å². The highest BCUT2D eigenvalue weighted by Crippen LogP contribution is 2.29. The van der Waals surface area contributed by atoms with E-state index >= 15 is 0 Å². The van der Waals surface area contributed by atoms with E-state index in [1.54, 1.807) is 0 Å². The molecule has 0 aliphatic heterocycles. The van der Waals surface area contributed by atoms with Crippen LogP contribution >= 0.6 is 12.2 Å². The first kappa shape index (κ1) is 25.5. The smallest absolute Gasteiger partial charge is 0.225 e. The van der Waals surface area contributed by atoms with Crippen molar-refractivity contribution in [3.63, 3.8) is 0 Å². The maximum absolute atomic E-state index is 5.78. The molecular formula is C30H38N6S. The van der Waals surface area contributed by atoms with E-state index in [1.807, 2.05) is 12.1 Å². The Bertz CT molecular complexity index is 1140. The first-order valence-corrected chi connectivity index (χ1v) is 14.0. The number of thiocarbonyl (C=S) groups is 1. The highest BCUT2D eigenvalue weighted by Gasteiger charge is 2.25. The first-order valence-electron chi connectivity index (χ1n) is 13.6. The third-order valence-electron chi connectivity index (χ3n) is 7.52. The molecule has 1 aromatic heterocycles. The molecule has 7 heteroatoms. The zero-order valence-electron chi connectivity index (χ0n) is 21.9. The zero-order chi connectivity index (χ0) is 25.6. The summed E-state index contributed by atoms with van der Waals surface area (Å²) in [6.07, 6.45) is 8.85. The fourth-order valence-corrected chi connectivity index (χ4v) is 5.87. The minimum atomic E-state index is 0.0208. The zero-order valence-corrected chi connectivity index (χ0v) is 22.7. The van der Waals surface area contributed by atoms with Crippen molar-refractivity contribution in [1.82, 2.24) is 20.6 Å². The number of benzene rings is 2. The highest BCUT2D eigenvalue weighted by molar-refractivity contribution is 7.80. The molecule has 3 N–H and O–H groups in total. The van der Waals surface area contributed by atoms with Gasteiger partial charge in [-0.2, -0.15) is 4.98 Å². The van der Waals surface area contributed by atoms with E-state index in [1.165, 1.54) is 35.2 Å². The van der Waals surface area contributed by atoms with Crippen LogP contribution in [-0.2, 0) is 12.8 Å². The lowest BCUT2D eigenvalue weighted by molar-refractivity contribution is 0.384. The Morgan fingerprint density at radius 1 is 0.838 bits per heavy atom. The second-order valence-electron chi connectivity index (χ2n) is 10.5. The van der Waals surface area contributed by atoms with Crippen LogP contribution < -0.4 is 20.9 Å². The Balaban J connectivity index is 1.17. The molecule has 0 atom stereocenters. The lowest BCUT2D eigenvalue weighted by atomic mass is 9.91. The molecule has 6 nitrogen and oxygen atoms in total. The molecule has 3 aromatic rings. The highest BCUT2D eigenvalue weighted by atomic mass is 32.1. The maximum atomic E-state index is 5.78. The summed E-state index contributed by atoms with van der Waals surface area (Å²) in [5.74, 6) is 1.86. The average Bonchev–Trinajstić information content (AvgIpc) is 2.93. The van der Waals surface area contributed by atoms with Gasteiger partial charge in [0.25, 0.3) is 0 Å². The van der Waals surface area contributed by atoms with E-state index in [-0.39, 0.29) is 6.04 Å². The molecule has 0 spiro atoms. The molecule has 37 heavy (non-hydrogen) atoms. The number of aromatic nitrogens is 2. The summed E-state index contributed by atoms with van der Waals surface area (Å²) in [7, 11) is 4.16. The van der Waals surface area contributed by atoms with Crippen molar-refractivity contribution in [3.8, 4) is 0 Å². The van der Waals surface area contributed by atoms with Gasteiger partial charge in [-0.1, -0.05) is 60.7 Å². The number of nitrogens with one attached hydrogen (secondary N) is 3. The third kappa shape index (κ3) is 6.39. The van der Waals surface area contributed by atoms with Crippen molar-refractivity contribution in [2.24, 2.45) is 0 Å². The van der Waals surface area contributed by atoms with Crippen molar-refractivity contribution in [3.05, 3.63) is 83.0 Å². The fourth-order valence-electron chi connectivity index (χ4n) is 5.58. The molecule has 0 amide bonds. The van der Waals surface area contributed by atoms with Gasteiger partial charge < -0.3 is 20.9 Å². The summed E-state index contributed by atoms with van der Waals surface area (Å²) in [6.45, 7) is 0. The number of aryl methyl sites for hydroxylation is 1. The van der Waals surface area contributed by atoms with Gasteiger partial charge >= 0.3 is 0 Å². The van der Waals surface area contributed by atoms with Crippen molar-refractivity contribution < 1.29 is 0 Å². The van der Waals surface area contributed by atoms with Gasteiger partial charge in [-0.05, 0) is 74.7 Å². The monoisotopic (exact) mass is 514 g/mol. The van der Waals surface area contributed by atoms with Gasteiger partial charge in [-0.25, -0.2) is 4.98 Å². The summed E-state index contributed by atoms with van der Waals surface area (Å²) in [5, 5.41) is 11.5. The summed E-state index contributed by atoms with van der Waals surface area (Å²) in [6, 6.07) is 21.8. The van der Waals surface area contributed by atoms with E-state index in [0.29, 0.717) is 17.2 Å². The Morgan fingerprint density at radius 2 is 1.43 bits per heavy atom. The van der Waals surface area contributed by atoms with Crippen LogP contribution in [0, 0.1) is 0 Å². The molecule has 0 saturated heterocycles. The molecule has 194 valence electrons. The number of hydrogen-bond acceptors (Lipinski definition) is 5. The molecule has 1 fully saturated rings. The Labute approximate surface area is 226 Å². The number of hydrogen-bond donors (Lipinski definition) is 3. The predicted molar refractivity (Wildman–Crippen MR) is 156 cm³/mol. The van der Waals surface area contributed by atoms with Crippen LogP contribution in [0.15, 0.2) is 60.7 Å². The van der Waals surface area contributed by atoms with E-state index < -0.39 is 0 Å². The Hall–Kier alpha value is -3.19. The number of anilines is 2. The van der Waals surface area contributed by atoms with Crippen LogP contribution in [-0.4, -0.2) is 41.3 Å². The van der Waals surface area contributed by atoms with Crippen LogP contribution in [0.5, 0.6) is 0 Å². The van der Waals surface area contributed by atoms with Crippen molar-refractivity contribution in [1.29, 1.82) is 0 Å².